The van der Waals surface area contributed by atoms with Crippen LogP contribution in [0.1, 0.15) is 54.2 Å². The number of nitrogens with one attached hydrogen (secondary N) is 1. The monoisotopic (exact) mass is 405 g/mol. The molecule has 1 heterocycles. The van der Waals surface area contributed by atoms with Gasteiger partial charge in [-0.15, -0.1) is 11.3 Å². The minimum Gasteiger partial charge on any atom is -0.494 e. The summed E-state index contributed by atoms with van der Waals surface area (Å²) in [7, 11) is 0. The Morgan fingerprint density at radius 3 is 2.69 bits per heavy atom. The van der Waals surface area contributed by atoms with Crippen LogP contribution >= 0.6 is 11.3 Å². The van der Waals surface area contributed by atoms with Gasteiger partial charge in [-0.25, -0.2) is 0 Å². The molecule has 29 heavy (non-hydrogen) atoms. The summed E-state index contributed by atoms with van der Waals surface area (Å²) in [5.74, 6) is 0.271. The van der Waals surface area contributed by atoms with E-state index in [-0.39, 0.29) is 5.57 Å². The summed E-state index contributed by atoms with van der Waals surface area (Å²) in [6, 6.07) is 11.5. The highest BCUT2D eigenvalue weighted by Crippen LogP contribution is 2.37. The second kappa shape index (κ2) is 9.91. The number of ether oxygens (including phenoxy) is 1. The first-order chi connectivity index (χ1) is 14.2. The van der Waals surface area contributed by atoms with Gasteiger partial charge in [-0.1, -0.05) is 25.5 Å². The minimum atomic E-state index is -0.495. The lowest BCUT2D eigenvalue weighted by Crippen LogP contribution is -2.13. The third kappa shape index (κ3) is 5.04. The highest BCUT2D eigenvalue weighted by molar-refractivity contribution is 7.16. The Kier molecular flexibility index (Phi) is 7.05. The maximum atomic E-state index is 12.6. The fourth-order valence-electron chi connectivity index (χ4n) is 3.25. The lowest BCUT2D eigenvalue weighted by atomic mass is 9.96. The maximum Gasteiger partial charge on any atom is 0.266 e. The van der Waals surface area contributed by atoms with Gasteiger partial charge in [-0.2, -0.15) is 10.5 Å². The summed E-state index contributed by atoms with van der Waals surface area (Å²) >= 11 is 1.45. The van der Waals surface area contributed by atoms with Gasteiger partial charge in [0.2, 0.25) is 0 Å². The SMILES string of the molecule is CCCCOc1ccc(/C=C(\C#N)C(=O)Nc2sc3c(c2C#N)CCCC3)cc1. The Morgan fingerprint density at radius 1 is 1.24 bits per heavy atom. The predicted octanol–water partition coefficient (Wildman–Crippen LogP) is 5.22. The number of anilines is 1. The molecule has 0 radical (unpaired) electrons. The summed E-state index contributed by atoms with van der Waals surface area (Å²) in [5.41, 5.74) is 2.34. The Hall–Kier alpha value is -3.09. The largest absolute Gasteiger partial charge is 0.494 e. The Labute approximate surface area is 175 Å². The third-order valence-electron chi connectivity index (χ3n) is 4.83. The molecule has 0 saturated carbocycles. The molecule has 2 aromatic rings. The van der Waals surface area contributed by atoms with E-state index in [9.17, 15) is 15.3 Å². The van der Waals surface area contributed by atoms with Gasteiger partial charge >= 0.3 is 0 Å². The van der Waals surface area contributed by atoms with Crippen molar-refractivity contribution in [2.75, 3.05) is 11.9 Å². The van der Waals surface area contributed by atoms with Crippen molar-refractivity contribution in [1.29, 1.82) is 10.5 Å². The van der Waals surface area contributed by atoms with E-state index in [4.69, 9.17) is 4.74 Å². The number of benzene rings is 1. The van der Waals surface area contributed by atoms with Gasteiger partial charge in [0.15, 0.2) is 0 Å². The van der Waals surface area contributed by atoms with Crippen LogP contribution in [0, 0.1) is 22.7 Å². The van der Waals surface area contributed by atoms with Crippen molar-refractivity contribution in [2.45, 2.75) is 45.4 Å². The van der Waals surface area contributed by atoms with Gasteiger partial charge in [0.05, 0.1) is 12.2 Å². The zero-order chi connectivity index (χ0) is 20.6. The first-order valence-corrected chi connectivity index (χ1v) is 10.7. The Morgan fingerprint density at radius 2 is 2.00 bits per heavy atom. The van der Waals surface area contributed by atoms with Crippen molar-refractivity contribution >= 4 is 28.3 Å². The molecule has 0 fully saturated rings. The molecule has 5 nitrogen and oxygen atoms in total. The topological polar surface area (TPSA) is 85.9 Å². The number of carbonyl (C=O) groups is 1. The summed E-state index contributed by atoms with van der Waals surface area (Å²) in [5, 5.41) is 22.3. The highest BCUT2D eigenvalue weighted by atomic mass is 32.1. The average molecular weight is 406 g/mol. The van der Waals surface area contributed by atoms with Crippen molar-refractivity contribution in [3.63, 3.8) is 0 Å². The molecule has 1 N–H and O–H groups in total. The van der Waals surface area contributed by atoms with Crippen LogP contribution in [0.2, 0.25) is 0 Å². The quantitative estimate of drug-likeness (QED) is 0.388. The Bertz CT molecular complexity index is 991. The number of carbonyl (C=O) groups excluding carboxylic acids is 1. The van der Waals surface area contributed by atoms with E-state index in [2.05, 4.69) is 18.3 Å². The van der Waals surface area contributed by atoms with Crippen molar-refractivity contribution in [2.24, 2.45) is 0 Å². The van der Waals surface area contributed by atoms with E-state index < -0.39 is 5.91 Å². The second-order valence-corrected chi connectivity index (χ2v) is 8.03. The first-order valence-electron chi connectivity index (χ1n) is 9.87. The van der Waals surface area contributed by atoms with Gasteiger partial charge in [-0.3, -0.25) is 4.79 Å². The predicted molar refractivity (Wildman–Crippen MR) is 115 cm³/mol. The molecule has 0 spiro atoms. The number of nitrogens with zero attached hydrogens (tertiary/aromatic N) is 2. The van der Waals surface area contributed by atoms with Gasteiger partial charge < -0.3 is 10.1 Å². The fraction of sp³-hybridized carbons (Fsp3) is 0.348. The molecule has 148 valence electrons. The second-order valence-electron chi connectivity index (χ2n) is 6.92. The number of thiophene rings is 1. The van der Waals surface area contributed by atoms with Crippen LogP contribution in [-0.4, -0.2) is 12.5 Å². The van der Waals surface area contributed by atoms with Gasteiger partial charge in [-0.05, 0) is 61.4 Å². The molecule has 0 unspecified atom stereocenters. The zero-order valence-electron chi connectivity index (χ0n) is 16.5. The molecule has 1 aliphatic rings. The number of aryl methyl sites for hydroxylation is 1. The van der Waals surface area contributed by atoms with E-state index in [0.717, 1.165) is 55.4 Å². The molecule has 0 bridgehead atoms. The standard InChI is InChI=1S/C23H23N3O2S/c1-2-3-12-28-18-10-8-16(9-11-18)13-17(14-24)22(27)26-23-20(15-25)19-6-4-5-7-21(19)29-23/h8-11,13H,2-7,12H2,1H3,(H,26,27)/b17-13+. The van der Waals surface area contributed by atoms with E-state index in [0.29, 0.717) is 17.2 Å². The third-order valence-corrected chi connectivity index (χ3v) is 6.04. The zero-order valence-corrected chi connectivity index (χ0v) is 17.3. The summed E-state index contributed by atoms with van der Waals surface area (Å²) in [4.78, 5) is 13.8. The lowest BCUT2D eigenvalue weighted by molar-refractivity contribution is -0.112. The molecule has 0 aliphatic heterocycles. The molecule has 3 rings (SSSR count). The van der Waals surface area contributed by atoms with Crippen molar-refractivity contribution in [1.82, 2.24) is 0 Å². The lowest BCUT2D eigenvalue weighted by Gasteiger charge is -2.09. The van der Waals surface area contributed by atoms with Crippen molar-refractivity contribution < 1.29 is 9.53 Å². The molecule has 0 saturated heterocycles. The van der Waals surface area contributed by atoms with Crippen molar-refractivity contribution in [3.05, 3.63) is 51.4 Å². The first kappa shape index (κ1) is 20.6. The fourth-order valence-corrected chi connectivity index (χ4v) is 4.49. The number of hydrogen-bond donors (Lipinski definition) is 1. The summed E-state index contributed by atoms with van der Waals surface area (Å²) in [6.07, 6.45) is 7.60. The molecular weight excluding hydrogens is 382 g/mol. The Balaban J connectivity index is 1.73. The van der Waals surface area contributed by atoms with Crippen LogP contribution in [0.25, 0.3) is 6.08 Å². The van der Waals surface area contributed by atoms with Gasteiger partial charge in [0, 0.05) is 4.88 Å². The van der Waals surface area contributed by atoms with Crippen molar-refractivity contribution in [3.8, 4) is 17.9 Å². The molecule has 1 amide bonds. The number of nitriles is 2. The van der Waals surface area contributed by atoms with E-state index in [1.54, 1.807) is 6.08 Å². The number of hydrogen-bond acceptors (Lipinski definition) is 5. The number of amides is 1. The molecule has 1 aromatic heterocycles. The number of unbranched alkanes of at least 4 members (excludes halogenated alkanes) is 1. The minimum absolute atomic E-state index is 0.0000805. The van der Waals surface area contributed by atoms with Crippen LogP contribution in [-0.2, 0) is 17.6 Å². The number of rotatable bonds is 7. The van der Waals surface area contributed by atoms with Crippen LogP contribution < -0.4 is 10.1 Å². The molecule has 0 atom stereocenters. The van der Waals surface area contributed by atoms with Crippen LogP contribution in [0.5, 0.6) is 5.75 Å². The van der Waals surface area contributed by atoms with Gasteiger partial charge in [0.25, 0.3) is 5.91 Å². The molecule has 1 aromatic carbocycles. The van der Waals surface area contributed by atoms with E-state index in [1.807, 2.05) is 30.3 Å². The van der Waals surface area contributed by atoms with Crippen LogP contribution in [0.3, 0.4) is 0 Å². The van der Waals surface area contributed by atoms with Crippen LogP contribution in [0.4, 0.5) is 5.00 Å². The maximum absolute atomic E-state index is 12.6. The molecular formula is C23H23N3O2S. The van der Waals surface area contributed by atoms with Crippen LogP contribution in [0.15, 0.2) is 29.8 Å². The average Bonchev–Trinajstić information content (AvgIpc) is 3.10. The molecule has 1 aliphatic carbocycles. The smallest absolute Gasteiger partial charge is 0.266 e. The molecule has 6 heteroatoms. The van der Waals surface area contributed by atoms with Gasteiger partial charge in [0.1, 0.15) is 28.5 Å². The summed E-state index contributed by atoms with van der Waals surface area (Å²) in [6.45, 7) is 2.78. The highest BCUT2D eigenvalue weighted by Gasteiger charge is 2.22. The normalized spacial score (nSPS) is 13.1. The van der Waals surface area contributed by atoms with E-state index >= 15 is 0 Å². The van der Waals surface area contributed by atoms with E-state index in [1.165, 1.54) is 16.2 Å². The number of fused-ring (bicyclic) bond motifs is 1. The summed E-state index contributed by atoms with van der Waals surface area (Å²) < 4.78 is 5.63.